The minimum Gasteiger partial charge on any atom is -0.258 e. The molecular weight excluding hydrogens is 208 g/mol. The van der Waals surface area contributed by atoms with E-state index in [-0.39, 0.29) is 4.68 Å². The first-order valence-corrected chi connectivity index (χ1v) is 4.58. The molecular formula is C8H15F2N3O2. The number of nitrogens with zero attached hydrogens (tertiary/aromatic N) is 3. The maximum absolute atomic E-state index is 11.7. The SMILES string of the molecule is CC.CC.O=[N+]([O-])c1cnn(C(F)F)c1. The molecule has 0 fully saturated rings. The van der Waals surface area contributed by atoms with Gasteiger partial charge in [-0.15, -0.1) is 0 Å². The maximum atomic E-state index is 11.7. The van der Waals surface area contributed by atoms with Crippen LogP contribution in [0.4, 0.5) is 14.5 Å². The van der Waals surface area contributed by atoms with E-state index in [1.807, 2.05) is 27.7 Å². The van der Waals surface area contributed by atoms with Crippen LogP contribution in [0.3, 0.4) is 0 Å². The van der Waals surface area contributed by atoms with E-state index in [1.54, 1.807) is 0 Å². The molecule has 7 heteroatoms. The lowest BCUT2D eigenvalue weighted by Gasteiger charge is -1.93. The van der Waals surface area contributed by atoms with Gasteiger partial charge in [-0.3, -0.25) is 10.1 Å². The lowest BCUT2D eigenvalue weighted by Crippen LogP contribution is -1.97. The van der Waals surface area contributed by atoms with Crippen molar-refractivity contribution in [3.63, 3.8) is 0 Å². The number of nitro groups is 1. The lowest BCUT2D eigenvalue weighted by atomic mass is 10.6. The van der Waals surface area contributed by atoms with Crippen LogP contribution in [-0.2, 0) is 0 Å². The zero-order chi connectivity index (χ0) is 12.4. The molecule has 5 nitrogen and oxygen atoms in total. The van der Waals surface area contributed by atoms with Crippen molar-refractivity contribution in [2.75, 3.05) is 0 Å². The Hall–Kier alpha value is -1.53. The predicted octanol–water partition coefficient (Wildman–Crippen LogP) is 3.24. The molecule has 0 aliphatic heterocycles. The van der Waals surface area contributed by atoms with E-state index >= 15 is 0 Å². The highest BCUT2D eigenvalue weighted by Crippen LogP contribution is 2.13. The van der Waals surface area contributed by atoms with Crippen molar-refractivity contribution in [1.29, 1.82) is 0 Å². The molecule has 1 rings (SSSR count). The molecule has 1 aromatic rings. The molecule has 0 aromatic carbocycles. The third kappa shape index (κ3) is 5.71. The summed E-state index contributed by atoms with van der Waals surface area (Å²) in [5, 5.41) is 13.0. The van der Waals surface area contributed by atoms with Crippen LogP contribution >= 0.6 is 0 Å². The summed E-state index contributed by atoms with van der Waals surface area (Å²) < 4.78 is 23.7. The minimum atomic E-state index is -2.83. The van der Waals surface area contributed by atoms with Crippen molar-refractivity contribution >= 4 is 5.69 Å². The Morgan fingerprint density at radius 3 is 2.07 bits per heavy atom. The summed E-state index contributed by atoms with van der Waals surface area (Å²) in [6.45, 7) is 5.17. The largest absolute Gasteiger partial charge is 0.333 e. The Morgan fingerprint density at radius 1 is 1.40 bits per heavy atom. The Morgan fingerprint density at radius 2 is 1.87 bits per heavy atom. The summed E-state index contributed by atoms with van der Waals surface area (Å²) in [4.78, 5) is 9.16. The summed E-state index contributed by atoms with van der Waals surface area (Å²) in [5.74, 6) is 0. The molecule has 0 radical (unpaired) electrons. The van der Waals surface area contributed by atoms with Gasteiger partial charge in [-0.2, -0.15) is 13.9 Å². The van der Waals surface area contributed by atoms with Crippen LogP contribution < -0.4 is 0 Å². The van der Waals surface area contributed by atoms with Crippen molar-refractivity contribution in [2.24, 2.45) is 0 Å². The molecule has 0 atom stereocenters. The summed E-state index contributed by atoms with van der Waals surface area (Å²) in [6, 6.07) is 0. The van der Waals surface area contributed by atoms with Gasteiger partial charge in [0.05, 0.1) is 4.92 Å². The molecule has 0 aliphatic carbocycles. The normalized spacial score (nSPS) is 8.47. The molecule has 88 valence electrons. The molecule has 0 saturated heterocycles. The quantitative estimate of drug-likeness (QED) is 0.571. The zero-order valence-corrected chi connectivity index (χ0v) is 9.15. The first-order chi connectivity index (χ1) is 7.11. The highest BCUT2D eigenvalue weighted by atomic mass is 19.3. The molecule has 0 amide bonds. The fourth-order valence-electron chi connectivity index (χ4n) is 0.529. The van der Waals surface area contributed by atoms with Gasteiger partial charge in [0.1, 0.15) is 12.4 Å². The van der Waals surface area contributed by atoms with E-state index in [0.29, 0.717) is 6.20 Å². The first-order valence-electron chi connectivity index (χ1n) is 4.58. The van der Waals surface area contributed by atoms with E-state index < -0.39 is 17.2 Å². The number of alkyl halides is 2. The molecule has 15 heavy (non-hydrogen) atoms. The molecule has 1 heterocycles. The Balaban J connectivity index is 0. The first kappa shape index (κ1) is 15.9. The number of halogens is 2. The van der Waals surface area contributed by atoms with Gasteiger partial charge in [-0.1, -0.05) is 27.7 Å². The van der Waals surface area contributed by atoms with Gasteiger partial charge in [-0.25, -0.2) is 4.68 Å². The average Bonchev–Trinajstić information content (AvgIpc) is 2.73. The smallest absolute Gasteiger partial charge is 0.258 e. The van der Waals surface area contributed by atoms with Gasteiger partial charge in [0.25, 0.3) is 0 Å². The van der Waals surface area contributed by atoms with E-state index in [2.05, 4.69) is 5.10 Å². The van der Waals surface area contributed by atoms with E-state index in [0.717, 1.165) is 6.20 Å². The van der Waals surface area contributed by atoms with Crippen molar-refractivity contribution < 1.29 is 13.7 Å². The van der Waals surface area contributed by atoms with Crippen molar-refractivity contribution in [2.45, 2.75) is 34.2 Å². The molecule has 1 aromatic heterocycles. The van der Waals surface area contributed by atoms with E-state index in [9.17, 15) is 18.9 Å². The lowest BCUT2D eigenvalue weighted by molar-refractivity contribution is -0.385. The number of hydrogen-bond acceptors (Lipinski definition) is 3. The molecule has 0 unspecified atom stereocenters. The molecule has 0 aliphatic rings. The van der Waals surface area contributed by atoms with E-state index in [4.69, 9.17) is 0 Å². The summed E-state index contributed by atoms with van der Waals surface area (Å²) in [5.41, 5.74) is -0.440. The van der Waals surface area contributed by atoms with Crippen LogP contribution in [0, 0.1) is 10.1 Å². The summed E-state index contributed by atoms with van der Waals surface area (Å²) in [6.07, 6.45) is 1.44. The van der Waals surface area contributed by atoms with Crippen molar-refractivity contribution in [1.82, 2.24) is 9.78 Å². The molecule has 0 spiro atoms. The summed E-state index contributed by atoms with van der Waals surface area (Å²) in [7, 11) is 0. The van der Waals surface area contributed by atoms with Crippen LogP contribution in [0.1, 0.15) is 34.2 Å². The Labute approximate surface area is 86.9 Å². The second-order valence-electron chi connectivity index (χ2n) is 1.71. The fourth-order valence-corrected chi connectivity index (χ4v) is 0.529. The number of aromatic nitrogens is 2. The second-order valence-corrected chi connectivity index (χ2v) is 1.71. The monoisotopic (exact) mass is 223 g/mol. The third-order valence-electron chi connectivity index (χ3n) is 0.999. The van der Waals surface area contributed by atoms with Crippen LogP contribution in [0.2, 0.25) is 0 Å². The van der Waals surface area contributed by atoms with Gasteiger partial charge in [-0.05, 0) is 0 Å². The second kappa shape index (κ2) is 9.04. The van der Waals surface area contributed by atoms with E-state index in [1.165, 1.54) is 0 Å². The average molecular weight is 223 g/mol. The third-order valence-corrected chi connectivity index (χ3v) is 0.999. The Bertz CT molecular complexity index is 277. The molecule has 0 saturated carbocycles. The van der Waals surface area contributed by atoms with Crippen LogP contribution in [0.5, 0.6) is 0 Å². The van der Waals surface area contributed by atoms with Crippen LogP contribution in [-0.4, -0.2) is 14.7 Å². The number of rotatable bonds is 2. The van der Waals surface area contributed by atoms with Gasteiger partial charge < -0.3 is 0 Å². The van der Waals surface area contributed by atoms with Crippen molar-refractivity contribution in [3.8, 4) is 0 Å². The van der Waals surface area contributed by atoms with Gasteiger partial charge >= 0.3 is 12.2 Å². The minimum absolute atomic E-state index is 0.220. The molecule has 0 N–H and O–H groups in total. The van der Waals surface area contributed by atoms with Crippen molar-refractivity contribution in [3.05, 3.63) is 22.5 Å². The predicted molar refractivity (Wildman–Crippen MR) is 52.8 cm³/mol. The number of hydrogen-bond donors (Lipinski definition) is 0. The summed E-state index contributed by atoms with van der Waals surface area (Å²) >= 11 is 0. The van der Waals surface area contributed by atoms with Gasteiger partial charge in [0.15, 0.2) is 0 Å². The highest BCUT2D eigenvalue weighted by Gasteiger charge is 2.13. The fraction of sp³-hybridized carbons (Fsp3) is 0.625. The standard InChI is InChI=1S/C4H3F2N3O2.2C2H6/c5-4(6)8-2-3(1-7-8)9(10)11;2*1-2/h1-2,4H;2*1-2H3. The topological polar surface area (TPSA) is 61.0 Å². The van der Waals surface area contributed by atoms with Gasteiger partial charge in [0.2, 0.25) is 0 Å². The zero-order valence-electron chi connectivity index (χ0n) is 9.15. The maximum Gasteiger partial charge on any atom is 0.333 e. The molecule has 0 bridgehead atoms. The highest BCUT2D eigenvalue weighted by molar-refractivity contribution is 5.20. The van der Waals surface area contributed by atoms with Gasteiger partial charge in [0, 0.05) is 0 Å². The van der Waals surface area contributed by atoms with Crippen LogP contribution in [0.25, 0.3) is 0 Å². The Kier molecular flexibility index (Phi) is 9.60. The van der Waals surface area contributed by atoms with Crippen LogP contribution in [0.15, 0.2) is 12.4 Å².